The Labute approximate surface area is 91.3 Å². The molecule has 8 nitrogen and oxygen atoms in total. The van der Waals surface area contributed by atoms with Gasteiger partial charge in [-0.2, -0.15) is 10.2 Å². The number of nitrogen functional groups attached to an aromatic ring is 2. The van der Waals surface area contributed by atoms with Gasteiger partial charge in [-0.25, -0.2) is 10.3 Å². The van der Waals surface area contributed by atoms with Crippen molar-refractivity contribution in [1.29, 1.82) is 5.53 Å². The molecule has 0 saturated heterocycles. The van der Waals surface area contributed by atoms with Crippen LogP contribution < -0.4 is 11.5 Å². The van der Waals surface area contributed by atoms with Crippen molar-refractivity contribution in [3.05, 3.63) is 11.6 Å². The lowest BCUT2D eigenvalue weighted by molar-refractivity contribution is 0.0698. The number of carboxylic acid groups (broad SMARTS) is 1. The lowest BCUT2D eigenvalue weighted by Crippen LogP contribution is -2.03. The van der Waals surface area contributed by atoms with Crippen molar-refractivity contribution in [2.75, 3.05) is 11.5 Å². The molecule has 0 fully saturated rings. The van der Waals surface area contributed by atoms with Crippen LogP contribution in [0.4, 0.5) is 22.7 Å². The predicted molar refractivity (Wildman–Crippen MR) is 57.3 cm³/mol. The third-order valence-electron chi connectivity index (χ3n) is 1.81. The molecule has 9 heteroatoms. The van der Waals surface area contributed by atoms with Crippen LogP contribution >= 0.6 is 0 Å². The highest BCUT2D eigenvalue weighted by Gasteiger charge is 2.21. The number of benzene rings is 1. The van der Waals surface area contributed by atoms with Crippen LogP contribution in [-0.4, -0.2) is 19.1 Å². The standard InChI is InChI=1S/C7H7BN6O2/c8-14-13-6-3(10)1-2(9)5(12-11)4(6)7(15)16/h1,11H,9-10H2,(H,15,16). The zero-order valence-corrected chi connectivity index (χ0v) is 8.01. The van der Waals surface area contributed by atoms with Gasteiger partial charge < -0.3 is 16.6 Å². The van der Waals surface area contributed by atoms with Crippen LogP contribution in [0.25, 0.3) is 0 Å². The first-order valence-corrected chi connectivity index (χ1v) is 3.96. The molecule has 0 aromatic heterocycles. The second kappa shape index (κ2) is 4.38. The molecule has 0 aliphatic rings. The minimum atomic E-state index is -1.37. The Balaban J connectivity index is 3.71. The number of hydrogen-bond acceptors (Lipinski definition) is 7. The van der Waals surface area contributed by atoms with Crippen molar-refractivity contribution < 1.29 is 9.90 Å². The average molecular weight is 218 g/mol. The Morgan fingerprint density at radius 2 is 1.94 bits per heavy atom. The van der Waals surface area contributed by atoms with Gasteiger partial charge >= 0.3 is 5.97 Å². The summed E-state index contributed by atoms with van der Waals surface area (Å²) in [5.41, 5.74) is 17.0. The number of nitrogens with zero attached hydrogens (tertiary/aromatic N) is 3. The van der Waals surface area contributed by atoms with Crippen molar-refractivity contribution in [2.24, 2.45) is 15.3 Å². The molecular formula is C7H7BN6O2. The van der Waals surface area contributed by atoms with E-state index in [1.165, 1.54) is 6.07 Å². The first kappa shape index (κ1) is 11.6. The monoisotopic (exact) mass is 218 g/mol. The molecule has 0 unspecified atom stereocenters. The van der Waals surface area contributed by atoms with E-state index in [0.29, 0.717) is 0 Å². The summed E-state index contributed by atoms with van der Waals surface area (Å²) >= 11 is 0. The third-order valence-corrected chi connectivity index (χ3v) is 1.81. The highest BCUT2D eigenvalue weighted by atomic mass is 16.4. The maximum absolute atomic E-state index is 11.0. The Hall–Kier alpha value is -2.45. The van der Waals surface area contributed by atoms with Gasteiger partial charge in [-0.05, 0) is 6.07 Å². The summed E-state index contributed by atoms with van der Waals surface area (Å²) in [6.07, 6.45) is 0. The van der Waals surface area contributed by atoms with E-state index in [-0.39, 0.29) is 22.7 Å². The fourth-order valence-corrected chi connectivity index (χ4v) is 1.19. The van der Waals surface area contributed by atoms with Crippen LogP contribution in [0, 0.1) is 5.53 Å². The van der Waals surface area contributed by atoms with Gasteiger partial charge in [0.05, 0.1) is 11.4 Å². The smallest absolute Gasteiger partial charge is 0.340 e. The van der Waals surface area contributed by atoms with Gasteiger partial charge in [-0.3, -0.25) is 5.03 Å². The van der Waals surface area contributed by atoms with Gasteiger partial charge in [-0.15, -0.1) is 0 Å². The summed E-state index contributed by atoms with van der Waals surface area (Å²) in [6.45, 7) is 0. The summed E-state index contributed by atoms with van der Waals surface area (Å²) in [4.78, 5) is 11.0. The summed E-state index contributed by atoms with van der Waals surface area (Å²) in [5.74, 6) is -1.37. The van der Waals surface area contributed by atoms with E-state index in [0.717, 1.165) is 0 Å². The van der Waals surface area contributed by atoms with Crippen LogP contribution in [0.5, 0.6) is 0 Å². The van der Waals surface area contributed by atoms with Crippen LogP contribution in [0.3, 0.4) is 0 Å². The predicted octanol–water partition coefficient (Wildman–Crippen LogP) is 1.38. The Kier molecular flexibility index (Phi) is 3.19. The number of anilines is 2. The number of rotatable bonds is 3. The molecule has 0 amide bonds. The molecule has 6 N–H and O–H groups in total. The van der Waals surface area contributed by atoms with E-state index < -0.39 is 11.5 Å². The van der Waals surface area contributed by atoms with Gasteiger partial charge in [0.25, 0.3) is 7.98 Å². The molecule has 2 radical (unpaired) electrons. The SMILES string of the molecule is [B]N=Nc1c(N)cc(N)c(N=N)c1C(=O)O. The molecule has 0 saturated carbocycles. The largest absolute Gasteiger partial charge is 0.478 e. The topological polar surface area (TPSA) is 150 Å². The number of nitrogens with two attached hydrogens (primary N) is 2. The average Bonchev–Trinajstić information content (AvgIpc) is 2.21. The Bertz CT molecular complexity index is 486. The van der Waals surface area contributed by atoms with E-state index >= 15 is 0 Å². The first-order valence-electron chi connectivity index (χ1n) is 3.96. The highest BCUT2D eigenvalue weighted by molar-refractivity contribution is 6.07. The number of carbonyl (C=O) groups is 1. The summed E-state index contributed by atoms with van der Waals surface area (Å²) < 4.78 is 0. The molecule has 1 rings (SSSR count). The molecule has 80 valence electrons. The molecule has 16 heavy (non-hydrogen) atoms. The minimum Gasteiger partial charge on any atom is -0.478 e. The quantitative estimate of drug-likeness (QED) is 0.344. The van der Waals surface area contributed by atoms with Gasteiger partial charge in [0, 0.05) is 0 Å². The third kappa shape index (κ3) is 1.83. The molecule has 1 aromatic rings. The Morgan fingerprint density at radius 3 is 2.38 bits per heavy atom. The molecule has 0 heterocycles. The molecule has 0 aliphatic carbocycles. The molecular weight excluding hydrogens is 211 g/mol. The van der Waals surface area contributed by atoms with Crippen molar-refractivity contribution in [2.45, 2.75) is 0 Å². The van der Waals surface area contributed by atoms with E-state index in [1.54, 1.807) is 0 Å². The fourth-order valence-electron chi connectivity index (χ4n) is 1.19. The minimum absolute atomic E-state index is 0.00324. The van der Waals surface area contributed by atoms with Crippen molar-refractivity contribution in [1.82, 2.24) is 0 Å². The fraction of sp³-hybridized carbons (Fsp3) is 0. The summed E-state index contributed by atoms with van der Waals surface area (Å²) in [7, 11) is 4.83. The lowest BCUT2D eigenvalue weighted by atomic mass is 10.1. The number of carboxylic acids is 1. The molecule has 0 aliphatic heterocycles. The van der Waals surface area contributed by atoms with Crippen molar-refractivity contribution in [3.8, 4) is 0 Å². The number of aromatic carboxylic acids is 1. The maximum atomic E-state index is 11.0. The zero-order valence-electron chi connectivity index (χ0n) is 8.01. The normalized spacial score (nSPS) is 10.5. The van der Waals surface area contributed by atoms with Crippen LogP contribution in [0.2, 0.25) is 0 Å². The Morgan fingerprint density at radius 1 is 1.38 bits per heavy atom. The molecule has 1 aromatic carbocycles. The van der Waals surface area contributed by atoms with E-state index in [2.05, 4.69) is 15.3 Å². The second-order valence-electron chi connectivity index (χ2n) is 2.76. The lowest BCUT2D eigenvalue weighted by Gasteiger charge is -2.08. The second-order valence-corrected chi connectivity index (χ2v) is 2.76. The zero-order chi connectivity index (χ0) is 12.3. The van der Waals surface area contributed by atoms with Gasteiger partial charge in [-0.1, -0.05) is 0 Å². The van der Waals surface area contributed by atoms with E-state index in [9.17, 15) is 4.79 Å². The maximum Gasteiger partial charge on any atom is 0.340 e. The van der Waals surface area contributed by atoms with Gasteiger partial charge in [0.2, 0.25) is 0 Å². The molecule has 0 spiro atoms. The van der Waals surface area contributed by atoms with Gasteiger partial charge in [0.15, 0.2) is 0 Å². The van der Waals surface area contributed by atoms with Gasteiger partial charge in [0.1, 0.15) is 16.9 Å². The van der Waals surface area contributed by atoms with Crippen molar-refractivity contribution >= 4 is 36.7 Å². The number of hydrogen-bond donors (Lipinski definition) is 4. The summed E-state index contributed by atoms with van der Waals surface area (Å²) in [5, 5.41) is 18.3. The summed E-state index contributed by atoms with van der Waals surface area (Å²) in [6, 6.07) is 1.24. The van der Waals surface area contributed by atoms with Crippen molar-refractivity contribution in [3.63, 3.8) is 0 Å². The highest BCUT2D eigenvalue weighted by Crippen LogP contribution is 2.39. The van der Waals surface area contributed by atoms with E-state index in [4.69, 9.17) is 30.1 Å². The van der Waals surface area contributed by atoms with Crippen LogP contribution in [0.15, 0.2) is 21.3 Å². The van der Waals surface area contributed by atoms with Crippen LogP contribution in [0.1, 0.15) is 10.4 Å². The molecule has 0 atom stereocenters. The molecule has 0 bridgehead atoms. The number of nitrogens with one attached hydrogen (secondary N) is 1. The van der Waals surface area contributed by atoms with Crippen LogP contribution in [-0.2, 0) is 0 Å². The van der Waals surface area contributed by atoms with E-state index in [1.807, 2.05) is 0 Å². The first-order chi connectivity index (χ1) is 7.52.